The third-order valence-electron chi connectivity index (χ3n) is 5.74. The minimum atomic E-state index is 0.01000. The molecule has 138 valence electrons. The normalized spacial score (nSPS) is 21.8. The Hall–Kier alpha value is -1.43. The minimum absolute atomic E-state index is 0.01000. The van der Waals surface area contributed by atoms with Crippen LogP contribution >= 0.6 is 0 Å². The van der Waals surface area contributed by atoms with Crippen LogP contribution in [0.25, 0.3) is 0 Å². The molecule has 2 aliphatic heterocycles. The molecule has 0 aliphatic carbocycles. The van der Waals surface area contributed by atoms with Gasteiger partial charge in [0.1, 0.15) is 0 Å². The number of rotatable bonds is 6. The number of carbonyl (C=O) groups excluding carboxylic acids is 1. The lowest BCUT2D eigenvalue weighted by atomic mass is 9.74. The number of nitrogens with one attached hydrogen (secondary N) is 1. The molecule has 0 spiro atoms. The van der Waals surface area contributed by atoms with Crippen molar-refractivity contribution in [2.75, 3.05) is 59.0 Å². The Morgan fingerprint density at radius 1 is 1.08 bits per heavy atom. The molecule has 0 bridgehead atoms. The van der Waals surface area contributed by atoms with E-state index < -0.39 is 0 Å². The summed E-state index contributed by atoms with van der Waals surface area (Å²) >= 11 is 0. The molecule has 2 fully saturated rings. The summed E-state index contributed by atoms with van der Waals surface area (Å²) in [6, 6.07) is 10.6. The van der Waals surface area contributed by atoms with Crippen molar-refractivity contribution in [1.29, 1.82) is 0 Å². The number of carbonyl (C=O) groups is 1. The molecular formula is C20H31N3O2. The van der Waals surface area contributed by atoms with Gasteiger partial charge < -0.3 is 15.0 Å². The predicted molar refractivity (Wildman–Crippen MR) is 99.7 cm³/mol. The van der Waals surface area contributed by atoms with Crippen molar-refractivity contribution < 1.29 is 9.53 Å². The van der Waals surface area contributed by atoms with Crippen molar-refractivity contribution in [3.05, 3.63) is 35.9 Å². The Labute approximate surface area is 151 Å². The summed E-state index contributed by atoms with van der Waals surface area (Å²) in [6.07, 6.45) is 1.93. The summed E-state index contributed by atoms with van der Waals surface area (Å²) < 4.78 is 5.57. The lowest BCUT2D eigenvalue weighted by molar-refractivity contribution is -0.123. The Morgan fingerprint density at radius 2 is 1.72 bits per heavy atom. The molecule has 0 saturated carbocycles. The molecule has 5 nitrogen and oxygen atoms in total. The SMILES string of the molecule is CCN1CCN(CC(=O)NCC2(c3ccccc3)CCOCC2)CC1. The molecule has 0 radical (unpaired) electrons. The second-order valence-corrected chi connectivity index (χ2v) is 7.25. The van der Waals surface area contributed by atoms with Crippen molar-refractivity contribution in [2.45, 2.75) is 25.2 Å². The summed E-state index contributed by atoms with van der Waals surface area (Å²) in [6.45, 7) is 10.1. The van der Waals surface area contributed by atoms with Gasteiger partial charge in [0.2, 0.25) is 5.91 Å². The van der Waals surface area contributed by atoms with Gasteiger partial charge >= 0.3 is 0 Å². The minimum Gasteiger partial charge on any atom is -0.381 e. The van der Waals surface area contributed by atoms with Crippen LogP contribution < -0.4 is 5.32 Å². The molecule has 25 heavy (non-hydrogen) atoms. The number of nitrogens with zero attached hydrogens (tertiary/aromatic N) is 2. The van der Waals surface area contributed by atoms with Crippen LogP contribution in [0.1, 0.15) is 25.3 Å². The Kier molecular flexibility index (Phi) is 6.45. The number of hydrogen-bond donors (Lipinski definition) is 1. The van der Waals surface area contributed by atoms with Crippen LogP contribution in [0.5, 0.6) is 0 Å². The Bertz CT molecular complexity index is 535. The molecule has 2 heterocycles. The lowest BCUT2D eigenvalue weighted by Crippen LogP contribution is -2.51. The molecule has 2 saturated heterocycles. The van der Waals surface area contributed by atoms with Crippen LogP contribution in [0.3, 0.4) is 0 Å². The Morgan fingerprint density at radius 3 is 2.36 bits per heavy atom. The van der Waals surface area contributed by atoms with Gasteiger partial charge in [0, 0.05) is 51.4 Å². The highest BCUT2D eigenvalue weighted by Crippen LogP contribution is 2.34. The van der Waals surface area contributed by atoms with E-state index in [1.165, 1.54) is 5.56 Å². The van der Waals surface area contributed by atoms with Gasteiger partial charge in [-0.15, -0.1) is 0 Å². The van der Waals surface area contributed by atoms with Crippen LogP contribution in [0.2, 0.25) is 0 Å². The highest BCUT2D eigenvalue weighted by atomic mass is 16.5. The van der Waals surface area contributed by atoms with Gasteiger partial charge in [-0.05, 0) is 24.9 Å². The van der Waals surface area contributed by atoms with Crippen LogP contribution in [0, 0.1) is 0 Å². The molecule has 3 rings (SSSR count). The maximum absolute atomic E-state index is 12.5. The second-order valence-electron chi connectivity index (χ2n) is 7.25. The van der Waals surface area contributed by atoms with E-state index in [2.05, 4.69) is 46.3 Å². The van der Waals surface area contributed by atoms with Crippen molar-refractivity contribution >= 4 is 5.91 Å². The monoisotopic (exact) mass is 345 g/mol. The Balaban J connectivity index is 1.54. The van der Waals surface area contributed by atoms with Crippen molar-refractivity contribution in [3.63, 3.8) is 0 Å². The molecule has 1 N–H and O–H groups in total. The van der Waals surface area contributed by atoms with E-state index in [1.807, 2.05) is 6.07 Å². The standard InChI is InChI=1S/C20H31N3O2/c1-2-22-10-12-23(13-11-22)16-19(24)21-17-20(8-14-25-15-9-20)18-6-4-3-5-7-18/h3-7H,2,8-17H2,1H3,(H,21,24). The lowest BCUT2D eigenvalue weighted by Gasteiger charge is -2.38. The molecule has 0 unspecified atom stereocenters. The van der Waals surface area contributed by atoms with E-state index in [4.69, 9.17) is 4.74 Å². The number of piperazine rings is 1. The molecule has 2 aliphatic rings. The highest BCUT2D eigenvalue weighted by molar-refractivity contribution is 5.78. The molecule has 1 aromatic rings. The fourth-order valence-corrected chi connectivity index (χ4v) is 3.91. The average molecular weight is 345 g/mol. The second kappa shape index (κ2) is 8.79. The first-order valence-electron chi connectivity index (χ1n) is 9.56. The predicted octanol–water partition coefficient (Wildman–Crippen LogP) is 1.49. The largest absolute Gasteiger partial charge is 0.381 e. The zero-order valence-electron chi connectivity index (χ0n) is 15.4. The van der Waals surface area contributed by atoms with Gasteiger partial charge in [-0.25, -0.2) is 0 Å². The zero-order valence-corrected chi connectivity index (χ0v) is 15.4. The smallest absolute Gasteiger partial charge is 0.234 e. The summed E-state index contributed by atoms with van der Waals surface area (Å²) in [7, 11) is 0. The van der Waals surface area contributed by atoms with Gasteiger partial charge in [-0.2, -0.15) is 0 Å². The van der Waals surface area contributed by atoms with Crippen LogP contribution in [0.15, 0.2) is 30.3 Å². The van der Waals surface area contributed by atoms with E-state index in [-0.39, 0.29) is 11.3 Å². The van der Waals surface area contributed by atoms with E-state index in [1.54, 1.807) is 0 Å². The van der Waals surface area contributed by atoms with E-state index in [0.717, 1.165) is 58.8 Å². The molecule has 0 aromatic heterocycles. The topological polar surface area (TPSA) is 44.8 Å². The molecule has 1 aromatic carbocycles. The van der Waals surface area contributed by atoms with Crippen LogP contribution in [0.4, 0.5) is 0 Å². The van der Waals surface area contributed by atoms with Crippen molar-refractivity contribution in [1.82, 2.24) is 15.1 Å². The van der Waals surface area contributed by atoms with Crippen LogP contribution in [-0.4, -0.2) is 74.7 Å². The number of ether oxygens (including phenoxy) is 1. The van der Waals surface area contributed by atoms with Gasteiger partial charge in [0.05, 0.1) is 6.54 Å². The fourth-order valence-electron chi connectivity index (χ4n) is 3.91. The fraction of sp³-hybridized carbons (Fsp3) is 0.650. The van der Waals surface area contributed by atoms with E-state index in [0.29, 0.717) is 13.1 Å². The highest BCUT2D eigenvalue weighted by Gasteiger charge is 2.34. The molecule has 5 heteroatoms. The number of benzene rings is 1. The quantitative estimate of drug-likeness (QED) is 0.848. The molecule has 0 atom stereocenters. The first kappa shape index (κ1) is 18.4. The summed E-state index contributed by atoms with van der Waals surface area (Å²) in [5.74, 6) is 0.145. The van der Waals surface area contributed by atoms with E-state index >= 15 is 0 Å². The summed E-state index contributed by atoms with van der Waals surface area (Å²) in [5.41, 5.74) is 1.32. The maximum atomic E-state index is 12.5. The molecule has 1 amide bonds. The zero-order chi connectivity index (χ0) is 17.5. The van der Waals surface area contributed by atoms with Crippen LogP contribution in [-0.2, 0) is 14.9 Å². The first-order chi connectivity index (χ1) is 12.2. The number of likely N-dealkylation sites (N-methyl/N-ethyl adjacent to an activating group) is 1. The third kappa shape index (κ3) is 4.81. The van der Waals surface area contributed by atoms with Gasteiger partial charge in [0.25, 0.3) is 0 Å². The van der Waals surface area contributed by atoms with Gasteiger partial charge in [-0.3, -0.25) is 9.69 Å². The summed E-state index contributed by atoms with van der Waals surface area (Å²) in [4.78, 5) is 17.2. The maximum Gasteiger partial charge on any atom is 0.234 e. The average Bonchev–Trinajstić information content (AvgIpc) is 2.68. The van der Waals surface area contributed by atoms with Crippen molar-refractivity contribution in [3.8, 4) is 0 Å². The van der Waals surface area contributed by atoms with Gasteiger partial charge in [0.15, 0.2) is 0 Å². The number of amides is 1. The molecular weight excluding hydrogens is 314 g/mol. The van der Waals surface area contributed by atoms with E-state index in [9.17, 15) is 4.79 Å². The summed E-state index contributed by atoms with van der Waals surface area (Å²) in [5, 5.41) is 3.21. The van der Waals surface area contributed by atoms with Gasteiger partial charge in [-0.1, -0.05) is 37.3 Å². The van der Waals surface area contributed by atoms with Crippen molar-refractivity contribution in [2.24, 2.45) is 0 Å². The first-order valence-corrected chi connectivity index (χ1v) is 9.56. The number of hydrogen-bond acceptors (Lipinski definition) is 4. The third-order valence-corrected chi connectivity index (χ3v) is 5.74.